The summed E-state index contributed by atoms with van der Waals surface area (Å²) in [5.74, 6) is -3.87. The van der Waals surface area contributed by atoms with Gasteiger partial charge in [0, 0.05) is 18.5 Å². The molecule has 37 heavy (non-hydrogen) atoms. The van der Waals surface area contributed by atoms with Gasteiger partial charge in [0.25, 0.3) is 17.4 Å². The molecule has 192 valence electrons. The van der Waals surface area contributed by atoms with Gasteiger partial charge >= 0.3 is 0 Å². The van der Waals surface area contributed by atoms with Gasteiger partial charge in [-0.05, 0) is 36.6 Å². The van der Waals surface area contributed by atoms with Crippen LogP contribution in [-0.4, -0.2) is 38.9 Å². The predicted octanol–water partition coefficient (Wildman–Crippen LogP) is 3.81. The maximum Gasteiger partial charge on any atom is 0.290 e. The topological polar surface area (TPSA) is 128 Å². The normalized spacial score (nSPS) is 16.7. The molecule has 2 heterocycles. The van der Waals surface area contributed by atoms with E-state index in [2.05, 4.69) is 20.6 Å². The summed E-state index contributed by atoms with van der Waals surface area (Å²) < 4.78 is 49.0. The molecule has 1 amide bonds. The summed E-state index contributed by atoms with van der Waals surface area (Å²) >= 11 is 0. The Kier molecular flexibility index (Phi) is 6.10. The van der Waals surface area contributed by atoms with Gasteiger partial charge in [0.15, 0.2) is 5.82 Å². The summed E-state index contributed by atoms with van der Waals surface area (Å²) in [7, 11) is 1.39. The number of ether oxygens (including phenoxy) is 1. The number of nitrogens with two attached hydrogens (primary N) is 1. The van der Waals surface area contributed by atoms with E-state index in [0.717, 1.165) is 10.7 Å². The second kappa shape index (κ2) is 9.26. The van der Waals surface area contributed by atoms with Gasteiger partial charge in [0.1, 0.15) is 28.8 Å². The van der Waals surface area contributed by atoms with E-state index in [9.17, 15) is 22.8 Å². The van der Waals surface area contributed by atoms with Crippen molar-refractivity contribution < 1.29 is 22.7 Å². The number of methoxy groups -OCH3 is 1. The van der Waals surface area contributed by atoms with Gasteiger partial charge in [0.05, 0.1) is 18.1 Å². The first kappa shape index (κ1) is 24.3. The number of hydrogen-bond donors (Lipinski definition) is 3. The smallest absolute Gasteiger partial charge is 0.290 e. The summed E-state index contributed by atoms with van der Waals surface area (Å²) in [4.78, 5) is 25.1. The number of anilines is 1. The average molecular weight is 512 g/mol. The van der Waals surface area contributed by atoms with Crippen molar-refractivity contribution in [2.45, 2.75) is 37.8 Å². The molecule has 0 saturated heterocycles. The number of benzene rings is 2. The molecule has 0 bridgehead atoms. The Labute approximate surface area is 208 Å². The van der Waals surface area contributed by atoms with Crippen LogP contribution in [0.15, 0.2) is 47.3 Å². The molecule has 1 atom stereocenters. The Bertz CT molecular complexity index is 1550. The Hall–Kier alpha value is -4.35. The standard InChI is InChI=1S/C25H23F3N6O3/c1-37-17-9-8-15(26)11-16(17)23(35)30-12-13-4-6-14(7-5-13)20-19-21(24(36)32-31-22(19)29)34(33-20)18-3-2-10-25(18,27)28/h4-9,11,18H,2-3,10,12H2,1H3,(H2,29,31)(H,30,35)(H,32,36)/t18-/m1/s1. The van der Waals surface area contributed by atoms with E-state index >= 15 is 0 Å². The van der Waals surface area contributed by atoms with Crippen molar-refractivity contribution in [1.29, 1.82) is 0 Å². The van der Waals surface area contributed by atoms with Gasteiger partial charge in [-0.25, -0.2) is 23.0 Å². The molecule has 0 unspecified atom stereocenters. The van der Waals surface area contributed by atoms with Gasteiger partial charge in [0.2, 0.25) is 0 Å². The van der Waals surface area contributed by atoms with E-state index < -0.39 is 29.2 Å². The first-order valence-corrected chi connectivity index (χ1v) is 11.5. The zero-order valence-corrected chi connectivity index (χ0v) is 19.7. The highest BCUT2D eigenvalue weighted by Gasteiger charge is 2.46. The van der Waals surface area contributed by atoms with Crippen molar-refractivity contribution in [3.8, 4) is 17.0 Å². The van der Waals surface area contributed by atoms with Crippen LogP contribution in [0.4, 0.5) is 19.0 Å². The second-order valence-electron chi connectivity index (χ2n) is 8.85. The molecule has 1 saturated carbocycles. The Morgan fingerprint density at radius 2 is 2.03 bits per heavy atom. The molecule has 1 fully saturated rings. The van der Waals surface area contributed by atoms with Crippen LogP contribution in [0.25, 0.3) is 22.2 Å². The molecular formula is C25H23F3N6O3. The fourth-order valence-corrected chi connectivity index (χ4v) is 4.67. The minimum absolute atomic E-state index is 0.0301. The minimum atomic E-state index is -3.01. The number of amides is 1. The van der Waals surface area contributed by atoms with Crippen LogP contribution in [0.5, 0.6) is 5.75 Å². The van der Waals surface area contributed by atoms with E-state index in [-0.39, 0.29) is 53.1 Å². The number of carbonyl (C=O) groups is 1. The monoisotopic (exact) mass is 512 g/mol. The predicted molar refractivity (Wildman–Crippen MR) is 130 cm³/mol. The maximum absolute atomic E-state index is 14.6. The molecule has 0 radical (unpaired) electrons. The number of hydrogen-bond acceptors (Lipinski definition) is 6. The SMILES string of the molecule is COc1ccc(F)cc1C(=O)NCc1ccc(-c2nn([C@@H]3CCCC3(F)F)c3c(=O)[nH]nc(N)c23)cc1. The van der Waals surface area contributed by atoms with Crippen molar-refractivity contribution in [2.75, 3.05) is 12.8 Å². The molecule has 2 aromatic heterocycles. The third-order valence-corrected chi connectivity index (χ3v) is 6.52. The van der Waals surface area contributed by atoms with Gasteiger partial charge in [-0.15, -0.1) is 0 Å². The number of H-pyrrole nitrogens is 1. The van der Waals surface area contributed by atoms with Crippen LogP contribution in [0.2, 0.25) is 0 Å². The van der Waals surface area contributed by atoms with Gasteiger partial charge in [-0.3, -0.25) is 9.59 Å². The number of nitrogen functional groups attached to an aromatic ring is 1. The molecular weight excluding hydrogens is 489 g/mol. The lowest BCUT2D eigenvalue weighted by Gasteiger charge is -2.19. The molecule has 0 spiro atoms. The number of alkyl halides is 2. The minimum Gasteiger partial charge on any atom is -0.496 e. The fourth-order valence-electron chi connectivity index (χ4n) is 4.67. The summed E-state index contributed by atoms with van der Waals surface area (Å²) in [5.41, 5.74) is 6.90. The van der Waals surface area contributed by atoms with Gasteiger partial charge in [-0.2, -0.15) is 10.2 Å². The van der Waals surface area contributed by atoms with E-state index in [4.69, 9.17) is 10.5 Å². The number of aromatic amines is 1. The second-order valence-corrected chi connectivity index (χ2v) is 8.85. The highest BCUT2D eigenvalue weighted by atomic mass is 19.3. The maximum atomic E-state index is 14.6. The molecule has 4 N–H and O–H groups in total. The third-order valence-electron chi connectivity index (χ3n) is 6.52. The van der Waals surface area contributed by atoms with Gasteiger partial charge in [-0.1, -0.05) is 24.3 Å². The van der Waals surface area contributed by atoms with E-state index in [1.807, 2.05) is 0 Å². The first-order chi connectivity index (χ1) is 17.7. The summed E-state index contributed by atoms with van der Waals surface area (Å²) in [5, 5.41) is 13.4. The van der Waals surface area contributed by atoms with Crippen molar-refractivity contribution in [3.63, 3.8) is 0 Å². The zero-order chi connectivity index (χ0) is 26.3. The van der Waals surface area contributed by atoms with Crippen LogP contribution in [0.3, 0.4) is 0 Å². The number of carbonyl (C=O) groups excluding carboxylic acids is 1. The summed E-state index contributed by atoms with van der Waals surface area (Å²) in [6.07, 6.45) is 0.211. The lowest BCUT2D eigenvalue weighted by molar-refractivity contribution is -0.0329. The molecule has 9 nitrogen and oxygen atoms in total. The number of nitrogens with zero attached hydrogens (tertiary/aromatic N) is 3. The number of fused-ring (bicyclic) bond motifs is 1. The molecule has 4 aromatic rings. The molecule has 0 aliphatic heterocycles. The number of halogens is 3. The summed E-state index contributed by atoms with van der Waals surface area (Å²) in [6, 6.07) is 9.19. The first-order valence-electron chi connectivity index (χ1n) is 11.5. The van der Waals surface area contributed by atoms with Crippen LogP contribution < -0.4 is 21.3 Å². The number of rotatable bonds is 6. The Balaban J connectivity index is 1.44. The lowest BCUT2D eigenvalue weighted by Crippen LogP contribution is -2.28. The number of nitrogens with one attached hydrogen (secondary N) is 2. The van der Waals surface area contributed by atoms with Crippen molar-refractivity contribution in [2.24, 2.45) is 0 Å². The molecule has 5 rings (SSSR count). The summed E-state index contributed by atoms with van der Waals surface area (Å²) in [6.45, 7) is 0.131. The van der Waals surface area contributed by atoms with Crippen LogP contribution in [-0.2, 0) is 6.54 Å². The Morgan fingerprint density at radius 3 is 2.70 bits per heavy atom. The highest BCUT2D eigenvalue weighted by Crippen LogP contribution is 2.45. The fraction of sp³-hybridized carbons (Fsp3) is 0.280. The highest BCUT2D eigenvalue weighted by molar-refractivity contribution is 5.99. The zero-order valence-electron chi connectivity index (χ0n) is 19.7. The Morgan fingerprint density at radius 1 is 1.27 bits per heavy atom. The molecule has 1 aliphatic carbocycles. The van der Waals surface area contributed by atoms with Crippen LogP contribution >= 0.6 is 0 Å². The van der Waals surface area contributed by atoms with E-state index in [1.165, 1.54) is 19.2 Å². The van der Waals surface area contributed by atoms with E-state index in [0.29, 0.717) is 17.5 Å². The molecule has 1 aliphatic rings. The molecule has 2 aromatic carbocycles. The largest absolute Gasteiger partial charge is 0.496 e. The van der Waals surface area contributed by atoms with Crippen LogP contribution in [0.1, 0.15) is 41.2 Å². The van der Waals surface area contributed by atoms with Crippen molar-refractivity contribution in [1.82, 2.24) is 25.3 Å². The number of aromatic nitrogens is 4. The lowest BCUT2D eigenvalue weighted by atomic mass is 10.1. The quantitative estimate of drug-likeness (QED) is 0.361. The van der Waals surface area contributed by atoms with Crippen LogP contribution in [0, 0.1) is 5.82 Å². The third kappa shape index (κ3) is 4.39. The average Bonchev–Trinajstić information content (AvgIpc) is 3.45. The van der Waals surface area contributed by atoms with E-state index in [1.54, 1.807) is 24.3 Å². The van der Waals surface area contributed by atoms with Crippen molar-refractivity contribution >= 4 is 22.6 Å². The molecule has 12 heteroatoms. The van der Waals surface area contributed by atoms with Crippen molar-refractivity contribution in [3.05, 3.63) is 69.8 Å². The van der Waals surface area contributed by atoms with Gasteiger partial charge < -0.3 is 15.8 Å².